The van der Waals surface area contributed by atoms with E-state index < -0.39 is 5.91 Å². The number of hydrogen-bond acceptors (Lipinski definition) is 6. The first kappa shape index (κ1) is 23.3. The minimum atomic E-state index is -0.444. The van der Waals surface area contributed by atoms with Gasteiger partial charge >= 0.3 is 0 Å². The van der Waals surface area contributed by atoms with E-state index >= 15 is 0 Å². The second-order valence-corrected chi connectivity index (χ2v) is 8.85. The van der Waals surface area contributed by atoms with Crippen molar-refractivity contribution in [3.63, 3.8) is 0 Å². The van der Waals surface area contributed by atoms with E-state index in [0.29, 0.717) is 33.7 Å². The topological polar surface area (TPSA) is 93.0 Å². The van der Waals surface area contributed by atoms with Crippen LogP contribution in [0.1, 0.15) is 39.9 Å². The number of amides is 2. The van der Waals surface area contributed by atoms with Gasteiger partial charge in [-0.15, -0.1) is 0 Å². The molecule has 5 rings (SSSR count). The number of ether oxygens (including phenoxy) is 1. The number of carbonyl (C=O) groups excluding carboxylic acids is 2. The normalized spacial score (nSPS) is 16.4. The average Bonchev–Trinajstić information content (AvgIpc) is 3.44. The van der Waals surface area contributed by atoms with Crippen molar-refractivity contribution in [1.29, 1.82) is 0 Å². The van der Waals surface area contributed by atoms with Crippen LogP contribution in [0.15, 0.2) is 66.7 Å². The Kier molecular flexibility index (Phi) is 6.25. The zero-order chi connectivity index (χ0) is 25.2. The van der Waals surface area contributed by atoms with E-state index in [9.17, 15) is 19.7 Å². The summed E-state index contributed by atoms with van der Waals surface area (Å²) >= 11 is 0. The van der Waals surface area contributed by atoms with Crippen molar-refractivity contribution in [3.8, 4) is 5.75 Å². The van der Waals surface area contributed by atoms with Crippen molar-refractivity contribution in [1.82, 2.24) is 4.90 Å². The molecule has 2 aliphatic heterocycles. The third kappa shape index (κ3) is 4.33. The minimum Gasteiger partial charge on any atom is -0.497 e. The van der Waals surface area contributed by atoms with Crippen LogP contribution >= 0.6 is 0 Å². The van der Waals surface area contributed by atoms with Crippen molar-refractivity contribution in [2.45, 2.75) is 19.4 Å². The Labute approximate surface area is 208 Å². The van der Waals surface area contributed by atoms with Crippen LogP contribution in [-0.2, 0) is 11.3 Å². The van der Waals surface area contributed by atoms with Gasteiger partial charge in [-0.2, -0.15) is 0 Å². The molecule has 0 bridgehead atoms. The molecule has 3 aromatic rings. The molecule has 182 valence electrons. The summed E-state index contributed by atoms with van der Waals surface area (Å²) in [6.45, 7) is 1.67. The lowest BCUT2D eigenvalue weighted by molar-refractivity contribution is -0.384. The number of fused-ring (bicyclic) bond motifs is 1. The third-order valence-corrected chi connectivity index (χ3v) is 6.62. The first-order chi connectivity index (χ1) is 17.5. The van der Waals surface area contributed by atoms with Crippen LogP contribution < -0.4 is 9.64 Å². The Morgan fingerprint density at radius 1 is 0.944 bits per heavy atom. The smallest absolute Gasteiger partial charge is 0.293 e. The molecule has 0 aromatic heterocycles. The molecule has 1 saturated heterocycles. The predicted octanol–water partition coefficient (Wildman–Crippen LogP) is 4.93. The number of rotatable bonds is 6. The highest BCUT2D eigenvalue weighted by Crippen LogP contribution is 2.35. The molecule has 0 N–H and O–H groups in total. The molecule has 2 aliphatic rings. The quantitative estimate of drug-likeness (QED) is 0.214. The van der Waals surface area contributed by atoms with Crippen molar-refractivity contribution >= 4 is 34.8 Å². The van der Waals surface area contributed by atoms with E-state index in [1.54, 1.807) is 61.7 Å². The summed E-state index contributed by atoms with van der Waals surface area (Å²) in [5.41, 5.74) is 3.16. The number of nitro benzene ring substituents is 1. The van der Waals surface area contributed by atoms with Gasteiger partial charge in [-0.05, 0) is 59.9 Å². The summed E-state index contributed by atoms with van der Waals surface area (Å²) in [5, 5.41) is 11.9. The first-order valence-electron chi connectivity index (χ1n) is 11.8. The van der Waals surface area contributed by atoms with Crippen molar-refractivity contribution in [2.75, 3.05) is 25.1 Å². The van der Waals surface area contributed by atoms with E-state index in [1.807, 2.05) is 17.0 Å². The third-order valence-electron chi connectivity index (χ3n) is 6.62. The molecule has 0 radical (unpaired) electrons. The zero-order valence-corrected chi connectivity index (χ0v) is 19.8. The van der Waals surface area contributed by atoms with Gasteiger partial charge in [-0.3, -0.25) is 24.6 Å². The Morgan fingerprint density at radius 2 is 1.64 bits per heavy atom. The highest BCUT2D eigenvalue weighted by atomic mass is 16.6. The van der Waals surface area contributed by atoms with Gasteiger partial charge in [0.1, 0.15) is 11.4 Å². The summed E-state index contributed by atoms with van der Waals surface area (Å²) in [4.78, 5) is 41.5. The summed E-state index contributed by atoms with van der Waals surface area (Å²) < 4.78 is 5.19. The molecule has 0 aliphatic carbocycles. The molecule has 0 unspecified atom stereocenters. The van der Waals surface area contributed by atoms with Crippen LogP contribution in [0.25, 0.3) is 11.6 Å². The molecule has 8 heteroatoms. The maximum absolute atomic E-state index is 13.6. The molecule has 0 spiro atoms. The summed E-state index contributed by atoms with van der Waals surface area (Å²) in [6.07, 6.45) is 3.65. The van der Waals surface area contributed by atoms with Crippen LogP contribution in [0.2, 0.25) is 0 Å². The monoisotopic (exact) mass is 483 g/mol. The van der Waals surface area contributed by atoms with Gasteiger partial charge in [0, 0.05) is 30.3 Å². The maximum atomic E-state index is 13.6. The maximum Gasteiger partial charge on any atom is 0.293 e. The Hall–Kier alpha value is -4.46. The second-order valence-electron chi connectivity index (χ2n) is 8.85. The van der Waals surface area contributed by atoms with E-state index in [2.05, 4.69) is 0 Å². The van der Waals surface area contributed by atoms with Crippen molar-refractivity contribution in [2.24, 2.45) is 0 Å². The van der Waals surface area contributed by atoms with Gasteiger partial charge in [0.2, 0.25) is 0 Å². The van der Waals surface area contributed by atoms with Crippen LogP contribution in [0.4, 0.5) is 11.4 Å². The van der Waals surface area contributed by atoms with Crippen molar-refractivity contribution < 1.29 is 19.2 Å². The fourth-order valence-corrected chi connectivity index (χ4v) is 4.77. The molecule has 1 fully saturated rings. The molecule has 2 amide bonds. The lowest BCUT2D eigenvalue weighted by atomic mass is 9.91. The minimum absolute atomic E-state index is 0.00830. The number of carbonyl (C=O) groups is 2. The van der Waals surface area contributed by atoms with Gasteiger partial charge in [0.15, 0.2) is 0 Å². The van der Waals surface area contributed by atoms with Crippen LogP contribution in [0, 0.1) is 10.1 Å². The fourth-order valence-electron chi connectivity index (χ4n) is 4.77. The molecule has 0 atom stereocenters. The first-order valence-corrected chi connectivity index (χ1v) is 11.8. The largest absolute Gasteiger partial charge is 0.497 e. The number of hydrogen-bond donors (Lipinski definition) is 0. The molecule has 36 heavy (non-hydrogen) atoms. The number of nitrogens with zero attached hydrogens (tertiary/aromatic N) is 3. The van der Waals surface area contributed by atoms with E-state index in [-0.39, 0.29) is 23.1 Å². The van der Waals surface area contributed by atoms with Crippen molar-refractivity contribution in [3.05, 3.63) is 99.1 Å². The molecule has 8 nitrogen and oxygen atoms in total. The van der Waals surface area contributed by atoms with Crippen LogP contribution in [0.5, 0.6) is 5.75 Å². The number of methoxy groups -OCH3 is 1. The standard InChI is InChI=1S/C28H25N3O5/c1-36-21-11-8-19(9-12-21)18-30-27(32)23-7-3-2-6-22(23)24(28(30)33)16-20-10-13-25(26(17-20)31(34)35)29-14-4-5-15-29/h2-3,6-13,16-17H,4-5,14-15,18H2,1H3/b24-16-. The van der Waals surface area contributed by atoms with Gasteiger partial charge in [-0.1, -0.05) is 36.4 Å². The number of benzene rings is 3. The fraction of sp³-hybridized carbons (Fsp3) is 0.214. The van der Waals surface area contributed by atoms with E-state index in [1.165, 1.54) is 11.0 Å². The molecular formula is C28H25N3O5. The predicted molar refractivity (Wildman–Crippen MR) is 137 cm³/mol. The Balaban J connectivity index is 1.54. The summed E-state index contributed by atoms with van der Waals surface area (Å²) in [6, 6.07) is 19.2. The number of imide groups is 1. The molecule has 0 saturated carbocycles. The molecule has 3 aromatic carbocycles. The van der Waals surface area contributed by atoms with Gasteiger partial charge in [0.25, 0.3) is 17.5 Å². The highest BCUT2D eigenvalue weighted by molar-refractivity contribution is 6.33. The Bertz CT molecular complexity index is 1370. The number of nitro groups is 1. The molecule has 2 heterocycles. The zero-order valence-electron chi connectivity index (χ0n) is 19.8. The second kappa shape index (κ2) is 9.65. The lowest BCUT2D eigenvalue weighted by Crippen LogP contribution is -2.41. The van der Waals surface area contributed by atoms with E-state index in [4.69, 9.17) is 4.74 Å². The number of anilines is 1. The van der Waals surface area contributed by atoms with Gasteiger partial charge < -0.3 is 9.64 Å². The molecular weight excluding hydrogens is 458 g/mol. The van der Waals surface area contributed by atoms with Crippen LogP contribution in [-0.4, -0.2) is 41.8 Å². The summed E-state index contributed by atoms with van der Waals surface area (Å²) in [5.74, 6) is -0.139. The average molecular weight is 484 g/mol. The Morgan fingerprint density at radius 3 is 2.31 bits per heavy atom. The SMILES string of the molecule is COc1ccc(CN2C(=O)/C(=C\c3ccc(N4CCCC4)c([N+](=O)[O-])c3)c3ccccc3C2=O)cc1. The van der Waals surface area contributed by atoms with Gasteiger partial charge in [0.05, 0.1) is 18.6 Å². The van der Waals surface area contributed by atoms with E-state index in [0.717, 1.165) is 31.5 Å². The van der Waals surface area contributed by atoms with Crippen LogP contribution in [0.3, 0.4) is 0 Å². The highest BCUT2D eigenvalue weighted by Gasteiger charge is 2.35. The summed E-state index contributed by atoms with van der Waals surface area (Å²) in [7, 11) is 1.57. The van der Waals surface area contributed by atoms with Gasteiger partial charge in [-0.25, -0.2) is 0 Å². The lowest BCUT2D eigenvalue weighted by Gasteiger charge is -2.29.